The Labute approximate surface area is 199 Å². The van der Waals surface area contributed by atoms with Crippen molar-refractivity contribution in [3.63, 3.8) is 0 Å². The smallest absolute Gasteiger partial charge is 0.310 e. The number of benzene rings is 1. The van der Waals surface area contributed by atoms with Gasteiger partial charge in [-0.25, -0.2) is 4.68 Å². The summed E-state index contributed by atoms with van der Waals surface area (Å²) in [5.74, 6) is -1.03. The molecule has 1 aromatic carbocycles. The SMILES string of the molecule is CCOC(=O)C1CCCN(C(=O)CN(C)C(=O)c2cnn(-c3cccc(Cl)c3)c2C(C)C)C1. The van der Waals surface area contributed by atoms with Crippen molar-refractivity contribution in [1.82, 2.24) is 19.6 Å². The number of carbonyl (C=O) groups excluding carboxylic acids is 3. The zero-order chi connectivity index (χ0) is 24.1. The van der Waals surface area contributed by atoms with E-state index in [0.29, 0.717) is 36.7 Å². The first-order valence-corrected chi connectivity index (χ1v) is 11.6. The number of aromatic nitrogens is 2. The van der Waals surface area contributed by atoms with Gasteiger partial charge in [-0.05, 0) is 43.9 Å². The first-order chi connectivity index (χ1) is 15.7. The van der Waals surface area contributed by atoms with Gasteiger partial charge < -0.3 is 14.5 Å². The lowest BCUT2D eigenvalue weighted by Gasteiger charge is -2.32. The quantitative estimate of drug-likeness (QED) is 0.573. The van der Waals surface area contributed by atoms with Crippen molar-refractivity contribution in [3.05, 3.63) is 46.7 Å². The maximum atomic E-state index is 13.3. The van der Waals surface area contributed by atoms with Gasteiger partial charge in [-0.2, -0.15) is 5.10 Å². The lowest BCUT2D eigenvalue weighted by Crippen LogP contribution is -2.47. The first kappa shape index (κ1) is 24.8. The molecule has 1 fully saturated rings. The second-order valence-corrected chi connectivity index (χ2v) is 9.02. The predicted molar refractivity (Wildman–Crippen MR) is 126 cm³/mol. The fourth-order valence-corrected chi connectivity index (χ4v) is 4.31. The summed E-state index contributed by atoms with van der Waals surface area (Å²) in [6.07, 6.45) is 2.98. The van der Waals surface area contributed by atoms with E-state index in [0.717, 1.165) is 17.8 Å². The van der Waals surface area contributed by atoms with Gasteiger partial charge in [-0.1, -0.05) is 31.5 Å². The number of ether oxygens (including phenoxy) is 1. The number of rotatable bonds is 7. The molecule has 1 aliphatic rings. The number of esters is 1. The number of hydrogen-bond donors (Lipinski definition) is 0. The van der Waals surface area contributed by atoms with Crippen LogP contribution in [0.5, 0.6) is 0 Å². The summed E-state index contributed by atoms with van der Waals surface area (Å²) < 4.78 is 6.83. The van der Waals surface area contributed by atoms with E-state index < -0.39 is 0 Å². The van der Waals surface area contributed by atoms with Gasteiger partial charge in [0.05, 0.1) is 42.2 Å². The molecule has 178 valence electrons. The molecule has 33 heavy (non-hydrogen) atoms. The molecule has 0 radical (unpaired) electrons. The van der Waals surface area contributed by atoms with Gasteiger partial charge in [0.15, 0.2) is 0 Å². The summed E-state index contributed by atoms with van der Waals surface area (Å²) >= 11 is 6.14. The zero-order valence-electron chi connectivity index (χ0n) is 19.6. The molecule has 0 spiro atoms. The molecule has 1 atom stereocenters. The predicted octanol–water partition coefficient (Wildman–Crippen LogP) is 3.52. The molecular weight excluding hydrogens is 444 g/mol. The molecule has 8 nitrogen and oxygen atoms in total. The number of hydrogen-bond acceptors (Lipinski definition) is 5. The summed E-state index contributed by atoms with van der Waals surface area (Å²) in [4.78, 5) is 41.3. The maximum absolute atomic E-state index is 13.3. The van der Waals surface area contributed by atoms with E-state index in [1.54, 1.807) is 35.7 Å². The molecular formula is C24H31ClN4O4. The van der Waals surface area contributed by atoms with Crippen LogP contribution in [-0.2, 0) is 14.3 Å². The molecule has 1 unspecified atom stereocenters. The van der Waals surface area contributed by atoms with Crippen LogP contribution in [0.15, 0.2) is 30.5 Å². The minimum Gasteiger partial charge on any atom is -0.466 e. The summed E-state index contributed by atoms with van der Waals surface area (Å²) in [7, 11) is 1.61. The fourth-order valence-electron chi connectivity index (χ4n) is 4.13. The lowest BCUT2D eigenvalue weighted by atomic mass is 9.98. The van der Waals surface area contributed by atoms with Crippen molar-refractivity contribution in [1.29, 1.82) is 0 Å². The van der Waals surface area contributed by atoms with Crippen molar-refractivity contribution in [3.8, 4) is 5.69 Å². The number of halogens is 1. The first-order valence-electron chi connectivity index (χ1n) is 11.3. The molecule has 9 heteroatoms. The van der Waals surface area contributed by atoms with E-state index in [9.17, 15) is 14.4 Å². The highest BCUT2D eigenvalue weighted by Crippen LogP contribution is 2.25. The largest absolute Gasteiger partial charge is 0.466 e. The monoisotopic (exact) mass is 474 g/mol. The van der Waals surface area contributed by atoms with Crippen LogP contribution < -0.4 is 0 Å². The van der Waals surface area contributed by atoms with Crippen LogP contribution in [0.4, 0.5) is 0 Å². The Bertz CT molecular complexity index is 1020. The molecule has 1 saturated heterocycles. The highest BCUT2D eigenvalue weighted by Gasteiger charge is 2.31. The van der Waals surface area contributed by atoms with Crippen LogP contribution >= 0.6 is 11.6 Å². The fraction of sp³-hybridized carbons (Fsp3) is 0.500. The molecule has 2 amide bonds. The average Bonchev–Trinajstić information content (AvgIpc) is 3.24. The van der Waals surface area contributed by atoms with E-state index in [-0.39, 0.29) is 36.2 Å². The maximum Gasteiger partial charge on any atom is 0.310 e. The minimum atomic E-state index is -0.313. The number of likely N-dealkylation sites (N-methyl/N-ethyl adjacent to an activating group) is 1. The third kappa shape index (κ3) is 5.74. The van der Waals surface area contributed by atoms with Crippen molar-refractivity contribution >= 4 is 29.4 Å². The number of piperidine rings is 1. The number of nitrogens with zero attached hydrogens (tertiary/aromatic N) is 4. The van der Waals surface area contributed by atoms with Crippen molar-refractivity contribution in [2.45, 2.75) is 39.5 Å². The number of carbonyl (C=O) groups is 3. The van der Waals surface area contributed by atoms with E-state index >= 15 is 0 Å². The van der Waals surface area contributed by atoms with Gasteiger partial charge in [0.25, 0.3) is 5.91 Å². The summed E-state index contributed by atoms with van der Waals surface area (Å²) in [5, 5.41) is 5.01. The van der Waals surface area contributed by atoms with Crippen LogP contribution in [-0.4, -0.2) is 70.7 Å². The minimum absolute atomic E-state index is 0.0157. The molecule has 0 N–H and O–H groups in total. The zero-order valence-corrected chi connectivity index (χ0v) is 20.3. The third-order valence-corrected chi connectivity index (χ3v) is 5.98. The summed E-state index contributed by atoms with van der Waals surface area (Å²) in [6, 6.07) is 7.28. The Kier molecular flexibility index (Phi) is 8.13. The standard InChI is InChI=1S/C24H31ClN4O4/c1-5-33-24(32)17-8-7-11-28(14-17)21(30)15-27(4)23(31)20-13-26-29(22(20)16(2)3)19-10-6-9-18(25)12-19/h6,9-10,12-13,16-17H,5,7-8,11,14-15H2,1-4H3. The Morgan fingerprint density at radius 2 is 2.06 bits per heavy atom. The Morgan fingerprint density at radius 3 is 2.73 bits per heavy atom. The molecule has 3 rings (SSSR count). The van der Waals surface area contributed by atoms with Crippen molar-refractivity contribution < 1.29 is 19.1 Å². The molecule has 1 aromatic heterocycles. The average molecular weight is 475 g/mol. The van der Waals surface area contributed by atoms with Gasteiger partial charge in [-0.3, -0.25) is 14.4 Å². The van der Waals surface area contributed by atoms with E-state index in [2.05, 4.69) is 5.10 Å². The molecule has 0 bridgehead atoms. The molecule has 0 saturated carbocycles. The molecule has 0 aliphatic carbocycles. The van der Waals surface area contributed by atoms with Gasteiger partial charge in [0, 0.05) is 25.2 Å². The highest BCUT2D eigenvalue weighted by molar-refractivity contribution is 6.30. The second kappa shape index (κ2) is 10.8. The summed E-state index contributed by atoms with van der Waals surface area (Å²) in [6.45, 7) is 6.89. The Hall–Kier alpha value is -2.87. The normalized spacial score (nSPS) is 16.1. The van der Waals surface area contributed by atoms with Crippen molar-refractivity contribution in [2.75, 3.05) is 33.3 Å². The van der Waals surface area contributed by atoms with Crippen LogP contribution in [0, 0.1) is 5.92 Å². The van der Waals surface area contributed by atoms with Crippen LogP contribution in [0.25, 0.3) is 5.69 Å². The van der Waals surface area contributed by atoms with Gasteiger partial charge in [0.2, 0.25) is 5.91 Å². The van der Waals surface area contributed by atoms with E-state index in [1.807, 2.05) is 26.0 Å². The van der Waals surface area contributed by atoms with Gasteiger partial charge in [-0.15, -0.1) is 0 Å². The third-order valence-electron chi connectivity index (χ3n) is 5.75. The molecule has 1 aliphatic heterocycles. The van der Waals surface area contributed by atoms with Gasteiger partial charge >= 0.3 is 5.97 Å². The number of amides is 2. The molecule has 2 aromatic rings. The lowest BCUT2D eigenvalue weighted by molar-refractivity contribution is -0.151. The van der Waals surface area contributed by atoms with E-state index in [1.165, 1.54) is 11.1 Å². The van der Waals surface area contributed by atoms with Crippen LogP contribution in [0.2, 0.25) is 5.02 Å². The van der Waals surface area contributed by atoms with Crippen LogP contribution in [0.3, 0.4) is 0 Å². The molecule has 2 heterocycles. The van der Waals surface area contributed by atoms with Crippen molar-refractivity contribution in [2.24, 2.45) is 5.92 Å². The topological polar surface area (TPSA) is 84.7 Å². The van der Waals surface area contributed by atoms with Crippen LogP contribution in [0.1, 0.15) is 55.6 Å². The Morgan fingerprint density at radius 1 is 1.30 bits per heavy atom. The Balaban J connectivity index is 1.73. The highest BCUT2D eigenvalue weighted by atomic mass is 35.5. The number of likely N-dealkylation sites (tertiary alicyclic amines) is 1. The summed E-state index contributed by atoms with van der Waals surface area (Å²) in [5.41, 5.74) is 1.97. The van der Waals surface area contributed by atoms with E-state index in [4.69, 9.17) is 16.3 Å². The second-order valence-electron chi connectivity index (χ2n) is 8.58. The van der Waals surface area contributed by atoms with Gasteiger partial charge in [0.1, 0.15) is 0 Å².